The monoisotopic (exact) mass is 333 g/mol. The van der Waals surface area contributed by atoms with E-state index in [1.54, 1.807) is 30.3 Å². The summed E-state index contributed by atoms with van der Waals surface area (Å²) in [5, 5.41) is 2.49. The number of hydrogen-bond donors (Lipinski definition) is 1. The molecular formula is C16H19N3O5. The fraction of sp³-hybridized carbons (Fsp3) is 0.375. The molecule has 0 aromatic heterocycles. The molecule has 128 valence electrons. The summed E-state index contributed by atoms with van der Waals surface area (Å²) in [6.07, 6.45) is -0.121. The number of ether oxygens (including phenoxy) is 2. The summed E-state index contributed by atoms with van der Waals surface area (Å²) in [5.74, 6) is -1.36. The van der Waals surface area contributed by atoms with Crippen molar-refractivity contribution in [1.82, 2.24) is 5.32 Å². The van der Waals surface area contributed by atoms with E-state index in [1.165, 1.54) is 14.0 Å². The Kier molecular flexibility index (Phi) is 8.04. The molecule has 0 heterocycles. The van der Waals surface area contributed by atoms with Crippen molar-refractivity contribution < 1.29 is 28.6 Å². The summed E-state index contributed by atoms with van der Waals surface area (Å²) in [7, 11) is 1.36. The van der Waals surface area contributed by atoms with Crippen molar-refractivity contribution in [2.24, 2.45) is 0 Å². The number of methoxy groups -OCH3 is 1. The van der Waals surface area contributed by atoms with Crippen LogP contribution in [0.25, 0.3) is 5.53 Å². The molecule has 2 atom stereocenters. The third-order valence-electron chi connectivity index (χ3n) is 3.17. The predicted octanol–water partition coefficient (Wildman–Crippen LogP) is 0.762. The van der Waals surface area contributed by atoms with Crippen LogP contribution in [0.3, 0.4) is 0 Å². The molecule has 0 bridgehead atoms. The van der Waals surface area contributed by atoms with Gasteiger partial charge in [0, 0.05) is 13.5 Å². The molecule has 1 aromatic rings. The lowest BCUT2D eigenvalue weighted by atomic mass is 10.1. The van der Waals surface area contributed by atoms with Crippen molar-refractivity contribution in [1.29, 1.82) is 0 Å². The summed E-state index contributed by atoms with van der Waals surface area (Å²) >= 11 is 0. The number of hydrogen-bond acceptors (Lipinski definition) is 5. The van der Waals surface area contributed by atoms with Gasteiger partial charge in [0.25, 0.3) is 0 Å². The summed E-state index contributed by atoms with van der Waals surface area (Å²) in [5.41, 5.74) is 8.33. The summed E-state index contributed by atoms with van der Waals surface area (Å²) in [4.78, 5) is 38.2. The first-order valence-corrected chi connectivity index (χ1v) is 7.28. The number of rotatable bonds is 9. The number of esters is 1. The normalized spacial score (nSPS) is 12.4. The Morgan fingerprint density at radius 2 is 1.96 bits per heavy atom. The molecule has 0 saturated carbocycles. The van der Waals surface area contributed by atoms with Gasteiger partial charge in [-0.05, 0) is 25.5 Å². The Labute approximate surface area is 139 Å². The number of nitrogens with one attached hydrogen (secondary N) is 1. The zero-order chi connectivity index (χ0) is 17.9. The largest absolute Gasteiger partial charge is 0.425 e. The highest BCUT2D eigenvalue weighted by atomic mass is 16.5. The highest BCUT2D eigenvalue weighted by molar-refractivity contribution is 6.25. The Bertz CT molecular complexity index is 626. The van der Waals surface area contributed by atoms with Gasteiger partial charge in [-0.3, -0.25) is 9.59 Å². The first kappa shape index (κ1) is 19.2. The minimum absolute atomic E-state index is 0.00130. The van der Waals surface area contributed by atoms with E-state index in [0.29, 0.717) is 5.75 Å². The third kappa shape index (κ3) is 6.51. The molecule has 0 radical (unpaired) electrons. The second-order valence-corrected chi connectivity index (χ2v) is 4.92. The van der Waals surface area contributed by atoms with Gasteiger partial charge in [-0.15, -0.1) is 0 Å². The van der Waals surface area contributed by atoms with Crippen LogP contribution < -0.4 is 10.1 Å². The van der Waals surface area contributed by atoms with Crippen molar-refractivity contribution in [3.8, 4) is 5.75 Å². The quantitative estimate of drug-likeness (QED) is 0.235. The predicted molar refractivity (Wildman–Crippen MR) is 84.4 cm³/mol. The van der Waals surface area contributed by atoms with E-state index in [-0.39, 0.29) is 12.8 Å². The van der Waals surface area contributed by atoms with Crippen LogP contribution in [0.2, 0.25) is 0 Å². The van der Waals surface area contributed by atoms with Crippen molar-refractivity contribution in [2.75, 3.05) is 7.11 Å². The maximum absolute atomic E-state index is 12.3. The van der Waals surface area contributed by atoms with Crippen LogP contribution in [0, 0.1) is 0 Å². The number of amides is 1. The topological polar surface area (TPSA) is 118 Å². The van der Waals surface area contributed by atoms with Crippen LogP contribution >= 0.6 is 0 Å². The van der Waals surface area contributed by atoms with Crippen LogP contribution in [0.4, 0.5) is 0 Å². The average molecular weight is 333 g/mol. The highest BCUT2D eigenvalue weighted by Crippen LogP contribution is 2.11. The molecule has 0 aliphatic rings. The van der Waals surface area contributed by atoms with Gasteiger partial charge in [0.2, 0.25) is 11.7 Å². The molecule has 0 aliphatic carbocycles. The van der Waals surface area contributed by atoms with E-state index in [1.807, 2.05) is 0 Å². The number of benzene rings is 1. The highest BCUT2D eigenvalue weighted by Gasteiger charge is 2.26. The molecule has 1 amide bonds. The number of carbonyl (C=O) groups is 3. The summed E-state index contributed by atoms with van der Waals surface area (Å²) in [6, 6.07) is 7.32. The minimum atomic E-state index is -1.04. The lowest BCUT2D eigenvalue weighted by Crippen LogP contribution is -2.47. The van der Waals surface area contributed by atoms with Crippen LogP contribution in [-0.4, -0.2) is 47.9 Å². The second kappa shape index (κ2) is 10.0. The molecule has 0 unspecified atom stereocenters. The summed E-state index contributed by atoms with van der Waals surface area (Å²) < 4.78 is 10.1. The Hall–Kier alpha value is -2.83. The Balaban J connectivity index is 2.78. The number of carbonyl (C=O) groups excluding carboxylic acids is 3. The van der Waals surface area contributed by atoms with Gasteiger partial charge in [0.05, 0.1) is 0 Å². The first-order chi connectivity index (χ1) is 11.5. The zero-order valence-corrected chi connectivity index (χ0v) is 13.5. The SMILES string of the molecule is CO[C@H](C)C(=O)N[C@@H](CCC(=O)C=[N+]=[N-])C(=O)Oc1ccccc1. The fourth-order valence-electron chi connectivity index (χ4n) is 1.74. The molecular weight excluding hydrogens is 314 g/mol. The van der Waals surface area contributed by atoms with Crippen molar-refractivity contribution >= 4 is 23.9 Å². The standard InChI is InChI=1S/C16H19N3O5/c1-11(23-2)15(21)19-14(9-8-12(20)10-18-17)16(22)24-13-6-4-3-5-7-13/h3-7,10-11,14H,8-9H2,1-2H3,(H,19,21)/t11-,14+/m1/s1. The van der Waals surface area contributed by atoms with Crippen LogP contribution in [-0.2, 0) is 19.1 Å². The average Bonchev–Trinajstić information content (AvgIpc) is 2.58. The Morgan fingerprint density at radius 3 is 2.54 bits per heavy atom. The maximum atomic E-state index is 12.3. The number of para-hydroxylation sites is 1. The molecule has 1 aromatic carbocycles. The lowest BCUT2D eigenvalue weighted by Gasteiger charge is -2.19. The van der Waals surface area contributed by atoms with Gasteiger partial charge in [-0.25, -0.2) is 4.79 Å². The molecule has 8 nitrogen and oxygen atoms in total. The molecule has 0 saturated heterocycles. The van der Waals surface area contributed by atoms with Crippen molar-refractivity contribution in [3.05, 3.63) is 35.9 Å². The summed E-state index contributed by atoms with van der Waals surface area (Å²) in [6.45, 7) is 1.53. The van der Waals surface area contributed by atoms with Gasteiger partial charge in [0.15, 0.2) is 0 Å². The molecule has 0 spiro atoms. The van der Waals surface area contributed by atoms with Crippen molar-refractivity contribution in [3.63, 3.8) is 0 Å². The molecule has 24 heavy (non-hydrogen) atoms. The second-order valence-electron chi connectivity index (χ2n) is 4.92. The first-order valence-electron chi connectivity index (χ1n) is 7.28. The van der Waals surface area contributed by atoms with Crippen molar-refractivity contribution in [2.45, 2.75) is 31.9 Å². The lowest BCUT2D eigenvalue weighted by molar-refractivity contribution is -0.141. The smallest absolute Gasteiger partial charge is 0.334 e. The van der Waals surface area contributed by atoms with E-state index in [2.05, 4.69) is 10.1 Å². The van der Waals surface area contributed by atoms with Crippen LogP contribution in [0.15, 0.2) is 30.3 Å². The number of nitrogens with zero attached hydrogens (tertiary/aromatic N) is 2. The van der Waals surface area contributed by atoms with E-state index >= 15 is 0 Å². The third-order valence-corrected chi connectivity index (χ3v) is 3.17. The Morgan fingerprint density at radius 1 is 1.29 bits per heavy atom. The molecule has 1 rings (SSSR count). The fourth-order valence-corrected chi connectivity index (χ4v) is 1.74. The molecule has 0 aliphatic heterocycles. The van der Waals surface area contributed by atoms with Crippen LogP contribution in [0.1, 0.15) is 19.8 Å². The van der Waals surface area contributed by atoms with E-state index < -0.39 is 29.8 Å². The van der Waals surface area contributed by atoms with Gasteiger partial charge in [-0.1, -0.05) is 18.2 Å². The number of Topliss-reactive ketones (excluding diaryl/α,β-unsaturated/α-hetero) is 1. The van der Waals surface area contributed by atoms with Gasteiger partial charge < -0.3 is 20.3 Å². The van der Waals surface area contributed by atoms with E-state index in [0.717, 1.165) is 6.21 Å². The van der Waals surface area contributed by atoms with Gasteiger partial charge in [0.1, 0.15) is 17.9 Å². The zero-order valence-electron chi connectivity index (χ0n) is 13.5. The maximum Gasteiger partial charge on any atom is 0.334 e. The number of ketones is 1. The minimum Gasteiger partial charge on any atom is -0.425 e. The van der Waals surface area contributed by atoms with Crippen LogP contribution in [0.5, 0.6) is 5.75 Å². The molecule has 8 heteroatoms. The van der Waals surface area contributed by atoms with E-state index in [4.69, 9.17) is 15.0 Å². The van der Waals surface area contributed by atoms with Gasteiger partial charge in [-0.2, -0.15) is 4.79 Å². The molecule has 0 fully saturated rings. The molecule has 1 N–H and O–H groups in total. The van der Waals surface area contributed by atoms with E-state index in [9.17, 15) is 14.4 Å². The van der Waals surface area contributed by atoms with Gasteiger partial charge >= 0.3 is 12.2 Å².